The molecule has 0 amide bonds. The third-order valence-electron chi connectivity index (χ3n) is 5.27. The Morgan fingerprint density at radius 2 is 1.79 bits per heavy atom. The summed E-state index contributed by atoms with van der Waals surface area (Å²) in [5, 5.41) is 0. The number of alkyl halides is 3. The molecule has 2 heterocycles. The minimum Gasteiger partial charge on any atom is -0.487 e. The smallest absolute Gasteiger partial charge is 0.416 e. The standard InChI is InChI=1S/C21H21F3N2O.ClH/c1-13-14(2)26(11-15-3-4-15)20-18(9-10-25-19(13)20)27-12-16-5-7-17(8-6-16)21(22,23)24;/h5-10,15H,3-4,11-12H2,1-2H3;1H. The van der Waals surface area contributed by atoms with Crippen LogP contribution in [-0.4, -0.2) is 9.55 Å². The molecule has 7 heteroatoms. The van der Waals surface area contributed by atoms with E-state index < -0.39 is 11.7 Å². The van der Waals surface area contributed by atoms with Crippen molar-refractivity contribution in [3.05, 3.63) is 58.9 Å². The summed E-state index contributed by atoms with van der Waals surface area (Å²) in [5.41, 5.74) is 4.29. The summed E-state index contributed by atoms with van der Waals surface area (Å²) in [6, 6.07) is 6.92. The number of aromatic nitrogens is 2. The highest BCUT2D eigenvalue weighted by Crippen LogP contribution is 2.37. The van der Waals surface area contributed by atoms with Crippen LogP contribution in [0.3, 0.4) is 0 Å². The lowest BCUT2D eigenvalue weighted by molar-refractivity contribution is -0.137. The number of aryl methyl sites for hydroxylation is 1. The highest BCUT2D eigenvalue weighted by molar-refractivity contribution is 5.86. The number of ether oxygens (including phenoxy) is 1. The molecular weight excluding hydrogens is 389 g/mol. The summed E-state index contributed by atoms with van der Waals surface area (Å²) in [6.45, 7) is 5.33. The molecule has 28 heavy (non-hydrogen) atoms. The number of halogens is 4. The van der Waals surface area contributed by atoms with Crippen molar-refractivity contribution >= 4 is 23.4 Å². The third-order valence-corrected chi connectivity index (χ3v) is 5.27. The molecule has 2 aromatic heterocycles. The molecule has 4 rings (SSSR count). The van der Waals surface area contributed by atoms with Gasteiger partial charge in [0, 0.05) is 24.5 Å². The second-order valence-electron chi connectivity index (χ2n) is 7.25. The van der Waals surface area contributed by atoms with Crippen LogP contribution in [0.15, 0.2) is 36.5 Å². The monoisotopic (exact) mass is 410 g/mol. The van der Waals surface area contributed by atoms with Gasteiger partial charge in [0.25, 0.3) is 0 Å². The Morgan fingerprint density at radius 3 is 2.39 bits per heavy atom. The average Bonchev–Trinajstić information content (AvgIpc) is 3.43. The van der Waals surface area contributed by atoms with E-state index in [1.807, 2.05) is 6.07 Å². The maximum Gasteiger partial charge on any atom is 0.416 e. The maximum absolute atomic E-state index is 12.7. The first kappa shape index (κ1) is 20.5. The minimum atomic E-state index is -4.32. The Balaban J connectivity index is 0.00000225. The fourth-order valence-electron chi connectivity index (χ4n) is 3.37. The summed E-state index contributed by atoms with van der Waals surface area (Å²) in [7, 11) is 0. The lowest BCUT2D eigenvalue weighted by Crippen LogP contribution is -2.06. The molecule has 150 valence electrons. The van der Waals surface area contributed by atoms with Crippen molar-refractivity contribution in [2.75, 3.05) is 0 Å². The Kier molecular flexibility index (Phi) is 5.62. The Hall–Kier alpha value is -2.21. The zero-order chi connectivity index (χ0) is 19.2. The molecule has 0 spiro atoms. The first-order valence-corrected chi connectivity index (χ1v) is 9.08. The molecule has 1 aliphatic carbocycles. The van der Waals surface area contributed by atoms with Gasteiger partial charge in [0.1, 0.15) is 17.9 Å². The molecular formula is C21H22ClF3N2O. The molecule has 0 radical (unpaired) electrons. The lowest BCUT2D eigenvalue weighted by Gasteiger charge is -2.13. The molecule has 3 nitrogen and oxygen atoms in total. The topological polar surface area (TPSA) is 27.1 Å². The van der Waals surface area contributed by atoms with Crippen LogP contribution in [-0.2, 0) is 19.3 Å². The van der Waals surface area contributed by atoms with Gasteiger partial charge in [-0.15, -0.1) is 12.4 Å². The van der Waals surface area contributed by atoms with Crippen LogP contribution in [0.25, 0.3) is 11.0 Å². The third kappa shape index (κ3) is 3.97. The van der Waals surface area contributed by atoms with Crippen molar-refractivity contribution in [1.82, 2.24) is 9.55 Å². The van der Waals surface area contributed by atoms with Crippen LogP contribution in [0, 0.1) is 19.8 Å². The van der Waals surface area contributed by atoms with E-state index in [0.29, 0.717) is 11.5 Å². The molecule has 3 aromatic rings. The second-order valence-corrected chi connectivity index (χ2v) is 7.25. The van der Waals surface area contributed by atoms with Crippen molar-refractivity contribution in [1.29, 1.82) is 0 Å². The highest BCUT2D eigenvalue weighted by Gasteiger charge is 2.30. The predicted molar refractivity (Wildman–Crippen MR) is 105 cm³/mol. The summed E-state index contributed by atoms with van der Waals surface area (Å²) in [5.74, 6) is 1.43. The number of hydrogen-bond donors (Lipinski definition) is 0. The Labute approximate surface area is 167 Å². The van der Waals surface area contributed by atoms with Crippen molar-refractivity contribution in [2.24, 2.45) is 5.92 Å². The van der Waals surface area contributed by atoms with Crippen LogP contribution < -0.4 is 4.74 Å². The van der Waals surface area contributed by atoms with Gasteiger partial charge in [-0.2, -0.15) is 13.2 Å². The first-order valence-electron chi connectivity index (χ1n) is 9.08. The van der Waals surface area contributed by atoms with E-state index in [-0.39, 0.29) is 19.0 Å². The average molecular weight is 411 g/mol. The van der Waals surface area contributed by atoms with Crippen LogP contribution in [0.4, 0.5) is 13.2 Å². The highest BCUT2D eigenvalue weighted by atomic mass is 35.5. The van der Waals surface area contributed by atoms with E-state index in [0.717, 1.165) is 41.0 Å². The van der Waals surface area contributed by atoms with Crippen molar-refractivity contribution < 1.29 is 17.9 Å². The zero-order valence-corrected chi connectivity index (χ0v) is 16.5. The quantitative estimate of drug-likeness (QED) is 0.509. The van der Waals surface area contributed by atoms with Crippen molar-refractivity contribution in [2.45, 2.75) is 46.0 Å². The van der Waals surface area contributed by atoms with E-state index in [4.69, 9.17) is 4.74 Å². The van der Waals surface area contributed by atoms with Crippen LogP contribution in [0.2, 0.25) is 0 Å². The number of pyridine rings is 1. The number of fused-ring (bicyclic) bond motifs is 1. The summed E-state index contributed by atoms with van der Waals surface area (Å²) in [6.07, 6.45) is -0.103. The van der Waals surface area contributed by atoms with E-state index in [1.165, 1.54) is 30.7 Å². The molecule has 1 fully saturated rings. The molecule has 0 aliphatic heterocycles. The van der Waals surface area contributed by atoms with Gasteiger partial charge in [0.05, 0.1) is 11.1 Å². The van der Waals surface area contributed by atoms with E-state index in [9.17, 15) is 13.2 Å². The molecule has 1 aromatic carbocycles. The molecule has 1 aliphatic rings. The van der Waals surface area contributed by atoms with Gasteiger partial charge in [-0.3, -0.25) is 4.98 Å². The van der Waals surface area contributed by atoms with Gasteiger partial charge in [-0.1, -0.05) is 12.1 Å². The van der Waals surface area contributed by atoms with Gasteiger partial charge in [-0.05, 0) is 55.9 Å². The molecule has 0 N–H and O–H groups in total. The summed E-state index contributed by atoms with van der Waals surface area (Å²) < 4.78 is 46.4. The van der Waals surface area contributed by atoms with Crippen LogP contribution >= 0.6 is 12.4 Å². The zero-order valence-electron chi connectivity index (χ0n) is 15.7. The van der Waals surface area contributed by atoms with Gasteiger partial charge in [0.15, 0.2) is 0 Å². The largest absolute Gasteiger partial charge is 0.487 e. The summed E-state index contributed by atoms with van der Waals surface area (Å²) >= 11 is 0. The number of benzene rings is 1. The lowest BCUT2D eigenvalue weighted by atomic mass is 10.1. The molecule has 0 atom stereocenters. The SMILES string of the molecule is Cc1c(C)n(CC2CC2)c2c(OCc3ccc(C(F)(F)F)cc3)ccnc12.Cl. The van der Waals surface area contributed by atoms with Crippen LogP contribution in [0.1, 0.15) is 35.2 Å². The number of nitrogens with zero attached hydrogens (tertiary/aromatic N) is 2. The Morgan fingerprint density at radius 1 is 1.11 bits per heavy atom. The van der Waals surface area contributed by atoms with Crippen molar-refractivity contribution in [3.63, 3.8) is 0 Å². The van der Waals surface area contributed by atoms with E-state index >= 15 is 0 Å². The maximum atomic E-state index is 12.7. The summed E-state index contributed by atoms with van der Waals surface area (Å²) in [4.78, 5) is 4.52. The molecule has 1 saturated carbocycles. The van der Waals surface area contributed by atoms with Crippen LogP contribution in [0.5, 0.6) is 5.75 Å². The second kappa shape index (κ2) is 7.66. The van der Waals surface area contributed by atoms with Gasteiger partial charge in [0.2, 0.25) is 0 Å². The normalized spacial score (nSPS) is 14.2. The predicted octanol–water partition coefficient (Wildman–Crippen LogP) is 6.08. The van der Waals surface area contributed by atoms with E-state index in [1.54, 1.807) is 6.20 Å². The van der Waals surface area contributed by atoms with Gasteiger partial charge >= 0.3 is 6.18 Å². The molecule has 0 bridgehead atoms. The Bertz CT molecular complexity index is 976. The van der Waals surface area contributed by atoms with Crippen molar-refractivity contribution in [3.8, 4) is 5.75 Å². The van der Waals surface area contributed by atoms with E-state index in [2.05, 4.69) is 23.4 Å². The molecule has 0 unspecified atom stereocenters. The fraction of sp³-hybridized carbons (Fsp3) is 0.381. The fourth-order valence-corrected chi connectivity index (χ4v) is 3.37. The van der Waals surface area contributed by atoms with Gasteiger partial charge in [-0.25, -0.2) is 0 Å². The van der Waals surface area contributed by atoms with Gasteiger partial charge < -0.3 is 9.30 Å². The number of hydrogen-bond acceptors (Lipinski definition) is 2. The first-order chi connectivity index (χ1) is 12.8. The number of rotatable bonds is 5. The molecule has 0 saturated heterocycles. The minimum absolute atomic E-state index is 0.